The Kier molecular flexibility index (Phi) is 6.49. The summed E-state index contributed by atoms with van der Waals surface area (Å²) in [6, 6.07) is 6.74. The molecule has 0 aliphatic carbocycles. The first kappa shape index (κ1) is 19.0. The van der Waals surface area contributed by atoms with Gasteiger partial charge >= 0.3 is 0 Å². The van der Waals surface area contributed by atoms with Gasteiger partial charge in [0.15, 0.2) is 0 Å². The van der Waals surface area contributed by atoms with Crippen molar-refractivity contribution in [2.45, 2.75) is 84.7 Å². The summed E-state index contributed by atoms with van der Waals surface area (Å²) in [5.41, 5.74) is 8.67. The molecule has 0 saturated carbocycles. The van der Waals surface area contributed by atoms with Gasteiger partial charge in [0.05, 0.1) is 6.10 Å². The molecule has 0 radical (unpaired) electrons. The van der Waals surface area contributed by atoms with Crippen molar-refractivity contribution in [2.75, 3.05) is 6.54 Å². The van der Waals surface area contributed by atoms with E-state index in [1.807, 2.05) is 0 Å². The SMILES string of the molecule is CCC(C)(C)c1ccc(OC(C)CCN)c(C(C)(C)CC)c1. The standard InChI is InChI=1S/C20H35NO/c1-8-19(4,5)16-10-11-18(22-15(3)12-13-21)17(14-16)20(6,7)9-2/h10-11,14-15H,8-9,12-13,21H2,1-7H3. The smallest absolute Gasteiger partial charge is 0.123 e. The van der Waals surface area contributed by atoms with E-state index < -0.39 is 0 Å². The Morgan fingerprint density at radius 1 is 1.05 bits per heavy atom. The molecule has 1 atom stereocenters. The molecular formula is C20H35NO. The van der Waals surface area contributed by atoms with Crippen molar-refractivity contribution in [3.8, 4) is 5.75 Å². The zero-order valence-corrected chi connectivity index (χ0v) is 15.6. The zero-order chi connectivity index (χ0) is 17.0. The van der Waals surface area contributed by atoms with E-state index in [2.05, 4.69) is 66.7 Å². The van der Waals surface area contributed by atoms with Crippen LogP contribution in [0.1, 0.15) is 78.9 Å². The van der Waals surface area contributed by atoms with Gasteiger partial charge in [0, 0.05) is 5.56 Å². The summed E-state index contributed by atoms with van der Waals surface area (Å²) in [5, 5.41) is 0. The molecule has 2 N–H and O–H groups in total. The van der Waals surface area contributed by atoms with Gasteiger partial charge in [0.1, 0.15) is 5.75 Å². The van der Waals surface area contributed by atoms with E-state index in [0.717, 1.165) is 25.0 Å². The summed E-state index contributed by atoms with van der Waals surface area (Å²) < 4.78 is 6.20. The van der Waals surface area contributed by atoms with Crippen molar-refractivity contribution in [1.29, 1.82) is 0 Å². The summed E-state index contributed by atoms with van der Waals surface area (Å²) >= 11 is 0. The molecule has 22 heavy (non-hydrogen) atoms. The first-order valence-corrected chi connectivity index (χ1v) is 8.69. The van der Waals surface area contributed by atoms with E-state index in [1.165, 1.54) is 11.1 Å². The van der Waals surface area contributed by atoms with Gasteiger partial charge in [-0.2, -0.15) is 0 Å². The lowest BCUT2D eigenvalue weighted by Crippen LogP contribution is -2.23. The Balaban J connectivity index is 3.27. The molecule has 0 aromatic heterocycles. The second kappa shape index (κ2) is 7.50. The Labute approximate surface area is 137 Å². The molecule has 2 heteroatoms. The van der Waals surface area contributed by atoms with Crippen molar-refractivity contribution in [3.63, 3.8) is 0 Å². The molecule has 0 saturated heterocycles. The van der Waals surface area contributed by atoms with E-state index in [1.54, 1.807) is 0 Å². The van der Waals surface area contributed by atoms with E-state index in [4.69, 9.17) is 10.5 Å². The highest BCUT2D eigenvalue weighted by atomic mass is 16.5. The fourth-order valence-electron chi connectivity index (χ4n) is 2.49. The van der Waals surface area contributed by atoms with Gasteiger partial charge in [-0.15, -0.1) is 0 Å². The lowest BCUT2D eigenvalue weighted by atomic mass is 9.76. The van der Waals surface area contributed by atoms with Crippen LogP contribution in [0, 0.1) is 0 Å². The Morgan fingerprint density at radius 2 is 1.64 bits per heavy atom. The third-order valence-electron chi connectivity index (χ3n) is 5.16. The van der Waals surface area contributed by atoms with Crippen molar-refractivity contribution >= 4 is 0 Å². The predicted molar refractivity (Wildman–Crippen MR) is 96.8 cm³/mol. The van der Waals surface area contributed by atoms with Crippen molar-refractivity contribution in [1.82, 2.24) is 0 Å². The minimum atomic E-state index is 0.109. The van der Waals surface area contributed by atoms with Crippen LogP contribution >= 0.6 is 0 Å². The lowest BCUT2D eigenvalue weighted by Gasteiger charge is -2.31. The quantitative estimate of drug-likeness (QED) is 0.718. The summed E-state index contributed by atoms with van der Waals surface area (Å²) in [6.45, 7) is 16.5. The number of hydrogen-bond acceptors (Lipinski definition) is 2. The molecule has 0 aliphatic heterocycles. The summed E-state index contributed by atoms with van der Waals surface area (Å²) in [4.78, 5) is 0. The molecule has 0 heterocycles. The molecule has 126 valence electrons. The van der Waals surface area contributed by atoms with Crippen molar-refractivity contribution < 1.29 is 4.74 Å². The van der Waals surface area contributed by atoms with Crippen LogP contribution in [0.5, 0.6) is 5.75 Å². The Hall–Kier alpha value is -1.02. The maximum atomic E-state index is 6.20. The first-order valence-electron chi connectivity index (χ1n) is 8.69. The number of hydrogen-bond donors (Lipinski definition) is 1. The molecule has 0 aliphatic rings. The normalized spacial score (nSPS) is 14.0. The fraction of sp³-hybridized carbons (Fsp3) is 0.700. The maximum Gasteiger partial charge on any atom is 0.123 e. The molecule has 2 nitrogen and oxygen atoms in total. The van der Waals surface area contributed by atoms with Crippen LogP contribution in [0.15, 0.2) is 18.2 Å². The molecule has 0 bridgehead atoms. The van der Waals surface area contributed by atoms with E-state index >= 15 is 0 Å². The van der Waals surface area contributed by atoms with Crippen molar-refractivity contribution in [3.05, 3.63) is 29.3 Å². The van der Waals surface area contributed by atoms with Crippen LogP contribution in [0.4, 0.5) is 0 Å². The number of nitrogens with two attached hydrogens (primary N) is 1. The van der Waals surface area contributed by atoms with Crippen LogP contribution in [-0.2, 0) is 10.8 Å². The third kappa shape index (κ3) is 4.49. The van der Waals surface area contributed by atoms with Gasteiger partial charge < -0.3 is 10.5 Å². The molecular weight excluding hydrogens is 270 g/mol. The minimum absolute atomic E-state index is 0.109. The lowest BCUT2D eigenvalue weighted by molar-refractivity contribution is 0.208. The first-order chi connectivity index (χ1) is 10.2. The second-order valence-corrected chi connectivity index (χ2v) is 7.69. The van der Waals surface area contributed by atoms with Crippen LogP contribution in [0.3, 0.4) is 0 Å². The van der Waals surface area contributed by atoms with Gasteiger partial charge in [-0.25, -0.2) is 0 Å². The van der Waals surface area contributed by atoms with Gasteiger partial charge in [-0.1, -0.05) is 53.7 Å². The summed E-state index contributed by atoms with van der Waals surface area (Å²) in [6.07, 6.45) is 3.25. The summed E-state index contributed by atoms with van der Waals surface area (Å²) in [5.74, 6) is 1.02. The Morgan fingerprint density at radius 3 is 2.14 bits per heavy atom. The number of ether oxygens (including phenoxy) is 1. The Bertz CT molecular complexity index is 477. The third-order valence-corrected chi connectivity index (χ3v) is 5.16. The highest BCUT2D eigenvalue weighted by molar-refractivity contribution is 5.44. The molecule has 1 rings (SSSR count). The highest BCUT2D eigenvalue weighted by Gasteiger charge is 2.27. The van der Waals surface area contributed by atoms with Crippen LogP contribution in [-0.4, -0.2) is 12.6 Å². The van der Waals surface area contributed by atoms with Gasteiger partial charge in [0.2, 0.25) is 0 Å². The van der Waals surface area contributed by atoms with Crippen molar-refractivity contribution in [2.24, 2.45) is 5.73 Å². The molecule has 0 spiro atoms. The number of rotatable bonds is 8. The average molecular weight is 306 g/mol. The second-order valence-electron chi connectivity index (χ2n) is 7.69. The molecule has 0 fully saturated rings. The van der Waals surface area contributed by atoms with Gasteiger partial charge in [-0.05, 0) is 55.2 Å². The van der Waals surface area contributed by atoms with Gasteiger partial charge in [-0.3, -0.25) is 0 Å². The monoisotopic (exact) mass is 305 g/mol. The molecule has 1 aromatic carbocycles. The fourth-order valence-corrected chi connectivity index (χ4v) is 2.49. The zero-order valence-electron chi connectivity index (χ0n) is 15.6. The average Bonchev–Trinajstić information content (AvgIpc) is 2.47. The van der Waals surface area contributed by atoms with Crippen LogP contribution in [0.25, 0.3) is 0 Å². The molecule has 0 amide bonds. The van der Waals surface area contributed by atoms with Gasteiger partial charge in [0.25, 0.3) is 0 Å². The van der Waals surface area contributed by atoms with Crippen LogP contribution in [0.2, 0.25) is 0 Å². The highest BCUT2D eigenvalue weighted by Crippen LogP contribution is 2.38. The summed E-state index contributed by atoms with van der Waals surface area (Å²) in [7, 11) is 0. The predicted octanol–water partition coefficient (Wildman–Crippen LogP) is 5.18. The largest absolute Gasteiger partial charge is 0.490 e. The number of benzene rings is 1. The van der Waals surface area contributed by atoms with Crippen LogP contribution < -0.4 is 10.5 Å². The molecule has 1 unspecified atom stereocenters. The maximum absolute atomic E-state index is 6.20. The topological polar surface area (TPSA) is 35.2 Å². The molecule has 1 aromatic rings. The van der Waals surface area contributed by atoms with E-state index in [0.29, 0.717) is 6.54 Å². The van der Waals surface area contributed by atoms with E-state index in [9.17, 15) is 0 Å². The van der Waals surface area contributed by atoms with E-state index in [-0.39, 0.29) is 16.9 Å². The minimum Gasteiger partial charge on any atom is -0.490 e.